The summed E-state index contributed by atoms with van der Waals surface area (Å²) in [7, 11) is 0. The summed E-state index contributed by atoms with van der Waals surface area (Å²) in [6.07, 6.45) is 1.97. The van der Waals surface area contributed by atoms with Crippen LogP contribution >= 0.6 is 0 Å². The molecule has 0 unspecified atom stereocenters. The van der Waals surface area contributed by atoms with Gasteiger partial charge >= 0.3 is 0 Å². The minimum Gasteiger partial charge on any atom is -0.380 e. The first-order valence-electron chi connectivity index (χ1n) is 11.5. The highest BCUT2D eigenvalue weighted by Gasteiger charge is 2.41. The van der Waals surface area contributed by atoms with E-state index in [1.807, 2.05) is 36.4 Å². The monoisotopic (exact) mass is 413 g/mol. The second kappa shape index (κ2) is 8.98. The van der Waals surface area contributed by atoms with Crippen molar-refractivity contribution in [1.82, 2.24) is 4.90 Å². The second-order valence-corrected chi connectivity index (χ2v) is 10.00. The third-order valence-corrected chi connectivity index (χ3v) is 6.83. The van der Waals surface area contributed by atoms with Gasteiger partial charge in [-0.3, -0.25) is 4.90 Å². The summed E-state index contributed by atoms with van der Waals surface area (Å²) in [6.45, 7) is 9.77. The van der Waals surface area contributed by atoms with Crippen LogP contribution in [0.15, 0.2) is 84.9 Å². The molecule has 4 rings (SSSR count). The molecular formula is C29H35NO. The lowest BCUT2D eigenvalue weighted by Crippen LogP contribution is -2.44. The van der Waals surface area contributed by atoms with Gasteiger partial charge in [-0.15, -0.1) is 0 Å². The Hall–Kier alpha value is -2.42. The molecule has 0 aromatic heterocycles. The van der Waals surface area contributed by atoms with E-state index in [9.17, 15) is 5.11 Å². The van der Waals surface area contributed by atoms with Crippen LogP contribution in [0.1, 0.15) is 55.9 Å². The fourth-order valence-corrected chi connectivity index (χ4v) is 4.90. The molecule has 1 aliphatic rings. The van der Waals surface area contributed by atoms with Crippen LogP contribution in [0.3, 0.4) is 0 Å². The molecular weight excluding hydrogens is 378 g/mol. The zero-order chi connectivity index (χ0) is 21.9. The van der Waals surface area contributed by atoms with Crippen LogP contribution in [-0.2, 0) is 17.6 Å². The smallest absolute Gasteiger partial charge is 0.117 e. The summed E-state index contributed by atoms with van der Waals surface area (Å²) in [5.74, 6) is 0.205. The van der Waals surface area contributed by atoms with E-state index in [0.717, 1.165) is 43.6 Å². The maximum atomic E-state index is 12.0. The Morgan fingerprint density at radius 1 is 0.710 bits per heavy atom. The molecule has 1 aliphatic heterocycles. The van der Waals surface area contributed by atoms with Crippen LogP contribution in [0.5, 0.6) is 0 Å². The quantitative estimate of drug-likeness (QED) is 0.544. The number of hydrogen-bond donors (Lipinski definition) is 1. The Morgan fingerprint density at radius 3 is 1.65 bits per heavy atom. The van der Waals surface area contributed by atoms with Crippen LogP contribution in [0.4, 0.5) is 0 Å². The fourth-order valence-electron chi connectivity index (χ4n) is 4.90. The van der Waals surface area contributed by atoms with E-state index < -0.39 is 5.60 Å². The van der Waals surface area contributed by atoms with Crippen molar-refractivity contribution >= 4 is 0 Å². The van der Waals surface area contributed by atoms with Gasteiger partial charge in [0.15, 0.2) is 0 Å². The molecule has 1 fully saturated rings. The lowest BCUT2D eigenvalue weighted by Gasteiger charge is -2.42. The first-order chi connectivity index (χ1) is 14.9. The molecule has 0 atom stereocenters. The Kier molecular flexibility index (Phi) is 6.31. The Balaban J connectivity index is 1.47. The van der Waals surface area contributed by atoms with Gasteiger partial charge in [0.25, 0.3) is 0 Å². The summed E-state index contributed by atoms with van der Waals surface area (Å²) in [4.78, 5) is 2.53. The van der Waals surface area contributed by atoms with Crippen molar-refractivity contribution in [1.29, 1.82) is 0 Å². The Labute approximate surface area is 187 Å². The zero-order valence-electron chi connectivity index (χ0n) is 19.1. The van der Waals surface area contributed by atoms with Gasteiger partial charge in [0.2, 0.25) is 0 Å². The molecule has 3 aromatic carbocycles. The van der Waals surface area contributed by atoms with Gasteiger partial charge in [-0.1, -0.05) is 106 Å². The first-order valence-corrected chi connectivity index (χ1v) is 11.5. The average Bonchev–Trinajstić information content (AvgIpc) is 2.80. The molecule has 0 radical (unpaired) electrons. The van der Waals surface area contributed by atoms with Crippen LogP contribution in [0, 0.1) is 5.92 Å². The van der Waals surface area contributed by atoms with Crippen molar-refractivity contribution in [3.8, 4) is 0 Å². The zero-order valence-corrected chi connectivity index (χ0v) is 19.1. The van der Waals surface area contributed by atoms with Gasteiger partial charge in [-0.25, -0.2) is 0 Å². The minimum atomic E-state index is -0.942. The molecule has 1 N–H and O–H groups in total. The van der Waals surface area contributed by atoms with Crippen molar-refractivity contribution < 1.29 is 5.11 Å². The van der Waals surface area contributed by atoms with Gasteiger partial charge in [-0.2, -0.15) is 0 Å². The number of piperidine rings is 1. The highest BCUT2D eigenvalue weighted by molar-refractivity contribution is 5.37. The number of aliphatic hydroxyl groups is 1. The molecule has 31 heavy (non-hydrogen) atoms. The fraction of sp³-hybridized carbons (Fsp3) is 0.379. The number of nitrogens with zero attached hydrogens (tertiary/aromatic N) is 1. The van der Waals surface area contributed by atoms with Crippen molar-refractivity contribution in [2.24, 2.45) is 5.92 Å². The standard InChI is InChI=1S/C29H35NO/c1-28(2,3)24-16-14-23(15-17-24)22-30-20-18-27(19-21-30)29(31,25-10-6-4-7-11-25)26-12-8-5-9-13-26/h4-17,27,31H,18-22H2,1-3H3. The van der Waals surface area contributed by atoms with E-state index in [4.69, 9.17) is 0 Å². The van der Waals surface area contributed by atoms with Crippen molar-refractivity contribution in [3.05, 3.63) is 107 Å². The molecule has 2 nitrogen and oxygen atoms in total. The predicted molar refractivity (Wildman–Crippen MR) is 129 cm³/mol. The number of rotatable bonds is 5. The molecule has 1 heterocycles. The lowest BCUT2D eigenvalue weighted by molar-refractivity contribution is -0.0152. The number of likely N-dealkylation sites (tertiary alicyclic amines) is 1. The van der Waals surface area contributed by atoms with E-state index in [1.165, 1.54) is 11.1 Å². The van der Waals surface area contributed by atoms with Gasteiger partial charge in [0.1, 0.15) is 5.60 Å². The minimum absolute atomic E-state index is 0.191. The first kappa shape index (κ1) is 21.8. The van der Waals surface area contributed by atoms with Gasteiger partial charge in [-0.05, 0) is 59.5 Å². The maximum Gasteiger partial charge on any atom is 0.117 e. The molecule has 0 saturated carbocycles. The SMILES string of the molecule is CC(C)(C)c1ccc(CN2CCC(C(O)(c3ccccc3)c3ccccc3)CC2)cc1. The van der Waals surface area contributed by atoms with E-state index >= 15 is 0 Å². The molecule has 2 heteroatoms. The summed E-state index contributed by atoms with van der Waals surface area (Å²) in [5, 5.41) is 12.0. The van der Waals surface area contributed by atoms with Crippen LogP contribution in [0.2, 0.25) is 0 Å². The number of hydrogen-bond acceptors (Lipinski definition) is 2. The van der Waals surface area contributed by atoms with Crippen LogP contribution in [-0.4, -0.2) is 23.1 Å². The van der Waals surface area contributed by atoms with Gasteiger partial charge < -0.3 is 5.11 Å². The highest BCUT2D eigenvalue weighted by atomic mass is 16.3. The average molecular weight is 414 g/mol. The van der Waals surface area contributed by atoms with Crippen molar-refractivity contribution in [2.75, 3.05) is 13.1 Å². The third-order valence-electron chi connectivity index (χ3n) is 6.83. The predicted octanol–water partition coefficient (Wildman–Crippen LogP) is 6.13. The molecule has 0 amide bonds. The molecule has 162 valence electrons. The highest BCUT2D eigenvalue weighted by Crippen LogP contribution is 2.42. The lowest BCUT2D eigenvalue weighted by atomic mass is 9.72. The van der Waals surface area contributed by atoms with E-state index in [2.05, 4.69) is 74.2 Å². The summed E-state index contributed by atoms with van der Waals surface area (Å²) in [6, 6.07) is 29.5. The molecule has 1 saturated heterocycles. The Bertz CT molecular complexity index is 910. The molecule has 0 bridgehead atoms. The van der Waals surface area contributed by atoms with Crippen molar-refractivity contribution in [2.45, 2.75) is 51.2 Å². The van der Waals surface area contributed by atoms with Gasteiger partial charge in [0.05, 0.1) is 0 Å². The van der Waals surface area contributed by atoms with Gasteiger partial charge in [0, 0.05) is 6.54 Å². The topological polar surface area (TPSA) is 23.5 Å². The summed E-state index contributed by atoms with van der Waals surface area (Å²) < 4.78 is 0. The molecule has 0 spiro atoms. The van der Waals surface area contributed by atoms with E-state index in [0.29, 0.717) is 0 Å². The normalized spacial score (nSPS) is 16.4. The third kappa shape index (κ3) is 4.76. The van der Waals surface area contributed by atoms with E-state index in [-0.39, 0.29) is 11.3 Å². The second-order valence-electron chi connectivity index (χ2n) is 10.00. The van der Waals surface area contributed by atoms with E-state index in [1.54, 1.807) is 0 Å². The van der Waals surface area contributed by atoms with Crippen molar-refractivity contribution in [3.63, 3.8) is 0 Å². The molecule has 0 aliphatic carbocycles. The Morgan fingerprint density at radius 2 is 1.19 bits per heavy atom. The molecule has 3 aromatic rings. The van der Waals surface area contributed by atoms with Crippen LogP contribution in [0.25, 0.3) is 0 Å². The number of benzene rings is 3. The largest absolute Gasteiger partial charge is 0.380 e. The van der Waals surface area contributed by atoms with Crippen LogP contribution < -0.4 is 0 Å². The summed E-state index contributed by atoms with van der Waals surface area (Å²) in [5.41, 5.74) is 3.99. The maximum absolute atomic E-state index is 12.0. The summed E-state index contributed by atoms with van der Waals surface area (Å²) >= 11 is 0.